The minimum Gasteiger partial charge on any atom is -0.466 e. The van der Waals surface area contributed by atoms with Gasteiger partial charge in [-0.25, -0.2) is 0 Å². The molecule has 18 heavy (non-hydrogen) atoms. The molecule has 2 aromatic heterocycles. The lowest BCUT2D eigenvalue weighted by molar-refractivity contribution is 0.503. The van der Waals surface area contributed by atoms with E-state index < -0.39 is 0 Å². The summed E-state index contributed by atoms with van der Waals surface area (Å²) in [6.45, 7) is 11.0. The van der Waals surface area contributed by atoms with E-state index in [2.05, 4.69) is 36.3 Å². The summed E-state index contributed by atoms with van der Waals surface area (Å²) in [6, 6.07) is 0.456. The maximum absolute atomic E-state index is 5.63. The van der Waals surface area contributed by atoms with Gasteiger partial charge in [0.1, 0.15) is 16.5 Å². The molecule has 1 N–H and O–H groups in total. The fraction of sp³-hybridized carbons (Fsp3) is 0.538. The van der Waals surface area contributed by atoms with E-state index in [0.29, 0.717) is 6.04 Å². The Labute approximate surface area is 111 Å². The van der Waals surface area contributed by atoms with Gasteiger partial charge in [-0.1, -0.05) is 25.2 Å². The van der Waals surface area contributed by atoms with E-state index in [1.807, 2.05) is 13.8 Å². The third kappa shape index (κ3) is 2.62. The lowest BCUT2D eigenvalue weighted by Crippen LogP contribution is -2.21. The van der Waals surface area contributed by atoms with Gasteiger partial charge in [0.2, 0.25) is 0 Å². The normalized spacial score (nSPS) is 11.4. The lowest BCUT2D eigenvalue weighted by Gasteiger charge is -2.03. The van der Waals surface area contributed by atoms with Crippen molar-refractivity contribution in [2.45, 2.75) is 47.2 Å². The van der Waals surface area contributed by atoms with Crippen molar-refractivity contribution in [3.05, 3.63) is 22.1 Å². The van der Waals surface area contributed by atoms with Crippen LogP contribution in [0.5, 0.6) is 0 Å². The summed E-state index contributed by atoms with van der Waals surface area (Å²) in [6.07, 6.45) is 0. The molecule has 2 rings (SSSR count). The highest BCUT2D eigenvalue weighted by atomic mass is 32.1. The molecule has 5 heteroatoms. The maximum Gasteiger partial charge on any atom is 0.151 e. The molecule has 98 valence electrons. The molecule has 0 amide bonds. The quantitative estimate of drug-likeness (QED) is 0.922. The van der Waals surface area contributed by atoms with E-state index in [9.17, 15) is 0 Å². The van der Waals surface area contributed by atoms with Crippen molar-refractivity contribution in [1.29, 1.82) is 0 Å². The first-order chi connectivity index (χ1) is 8.49. The van der Waals surface area contributed by atoms with Crippen LogP contribution in [0.15, 0.2) is 4.42 Å². The molecular weight excluding hydrogens is 246 g/mol. The van der Waals surface area contributed by atoms with Crippen molar-refractivity contribution in [1.82, 2.24) is 15.5 Å². The monoisotopic (exact) mass is 265 g/mol. The second kappa shape index (κ2) is 5.20. The Morgan fingerprint density at radius 2 is 1.89 bits per heavy atom. The number of hydrogen-bond donors (Lipinski definition) is 1. The lowest BCUT2D eigenvalue weighted by atomic mass is 10.1. The SMILES string of the molecule is Cc1oc(C)c(-c2nnc(CNC(C)C)s2)c1C. The highest BCUT2D eigenvalue weighted by Crippen LogP contribution is 2.33. The zero-order valence-electron chi connectivity index (χ0n) is 11.5. The van der Waals surface area contributed by atoms with Crippen molar-refractivity contribution < 1.29 is 4.42 Å². The first kappa shape index (κ1) is 13.2. The molecular formula is C13H19N3OS. The number of aryl methyl sites for hydroxylation is 2. The molecule has 0 unspecified atom stereocenters. The molecule has 0 atom stereocenters. The average Bonchev–Trinajstić information content (AvgIpc) is 2.83. The molecule has 0 radical (unpaired) electrons. The van der Waals surface area contributed by atoms with Gasteiger partial charge >= 0.3 is 0 Å². The number of furan rings is 1. The standard InChI is InChI=1S/C13H19N3OS/c1-7(2)14-6-11-15-16-13(18-11)12-8(3)9(4)17-10(12)5/h7,14H,6H2,1-5H3. The number of rotatable bonds is 4. The zero-order chi connectivity index (χ0) is 13.3. The van der Waals surface area contributed by atoms with Crippen LogP contribution >= 0.6 is 11.3 Å². The van der Waals surface area contributed by atoms with Crippen molar-refractivity contribution in [3.8, 4) is 10.6 Å². The molecule has 0 aromatic carbocycles. The van der Waals surface area contributed by atoms with Crippen LogP contribution in [0.4, 0.5) is 0 Å². The fourth-order valence-corrected chi connectivity index (χ4v) is 2.77. The minimum atomic E-state index is 0.456. The fourth-order valence-electron chi connectivity index (χ4n) is 1.83. The summed E-state index contributed by atoms with van der Waals surface area (Å²) in [7, 11) is 0. The van der Waals surface area contributed by atoms with Crippen LogP contribution in [0.1, 0.15) is 35.9 Å². The highest BCUT2D eigenvalue weighted by molar-refractivity contribution is 7.14. The summed E-state index contributed by atoms with van der Waals surface area (Å²) in [4.78, 5) is 0. The number of hydrogen-bond acceptors (Lipinski definition) is 5. The van der Waals surface area contributed by atoms with E-state index in [4.69, 9.17) is 4.42 Å². The Morgan fingerprint density at radius 3 is 2.44 bits per heavy atom. The van der Waals surface area contributed by atoms with Gasteiger partial charge in [-0.2, -0.15) is 0 Å². The van der Waals surface area contributed by atoms with Gasteiger partial charge in [0.25, 0.3) is 0 Å². The number of aromatic nitrogens is 2. The zero-order valence-corrected chi connectivity index (χ0v) is 12.3. The number of nitrogens with one attached hydrogen (secondary N) is 1. The second-order valence-corrected chi connectivity index (χ2v) is 5.81. The molecule has 0 fully saturated rings. The van der Waals surface area contributed by atoms with Crippen molar-refractivity contribution in [3.63, 3.8) is 0 Å². The van der Waals surface area contributed by atoms with Crippen molar-refractivity contribution in [2.75, 3.05) is 0 Å². The summed E-state index contributed by atoms with van der Waals surface area (Å²) in [5.41, 5.74) is 2.26. The second-order valence-electron chi connectivity index (χ2n) is 4.75. The number of nitrogens with zero attached hydrogens (tertiary/aromatic N) is 2. The Bertz CT molecular complexity index is 542. The molecule has 2 aromatic rings. The van der Waals surface area contributed by atoms with Crippen LogP contribution in [0.2, 0.25) is 0 Å². The van der Waals surface area contributed by atoms with Gasteiger partial charge in [0.05, 0.1) is 5.56 Å². The Morgan fingerprint density at radius 1 is 1.17 bits per heavy atom. The van der Waals surface area contributed by atoms with E-state index in [1.54, 1.807) is 11.3 Å². The van der Waals surface area contributed by atoms with Gasteiger partial charge in [0.15, 0.2) is 5.01 Å². The summed E-state index contributed by atoms with van der Waals surface area (Å²) in [5, 5.41) is 13.8. The molecule has 0 bridgehead atoms. The summed E-state index contributed by atoms with van der Waals surface area (Å²) in [5.74, 6) is 1.88. The third-order valence-corrected chi connectivity index (χ3v) is 3.84. The Hall–Kier alpha value is -1.20. The van der Waals surface area contributed by atoms with Crippen LogP contribution in [-0.4, -0.2) is 16.2 Å². The van der Waals surface area contributed by atoms with E-state index >= 15 is 0 Å². The molecule has 0 saturated heterocycles. The average molecular weight is 265 g/mol. The predicted molar refractivity (Wildman–Crippen MR) is 73.8 cm³/mol. The Kier molecular flexibility index (Phi) is 3.82. The highest BCUT2D eigenvalue weighted by Gasteiger charge is 2.17. The topological polar surface area (TPSA) is 51.0 Å². The van der Waals surface area contributed by atoms with Gasteiger partial charge in [0, 0.05) is 18.2 Å². The van der Waals surface area contributed by atoms with Crippen molar-refractivity contribution in [2.24, 2.45) is 0 Å². The first-order valence-corrected chi connectivity index (χ1v) is 6.93. The van der Waals surface area contributed by atoms with Gasteiger partial charge in [-0.05, 0) is 20.8 Å². The predicted octanol–water partition coefficient (Wildman–Crippen LogP) is 3.22. The van der Waals surface area contributed by atoms with Crippen LogP contribution < -0.4 is 5.32 Å². The van der Waals surface area contributed by atoms with Crippen LogP contribution in [0, 0.1) is 20.8 Å². The van der Waals surface area contributed by atoms with Gasteiger partial charge < -0.3 is 9.73 Å². The molecule has 0 aliphatic heterocycles. The molecule has 4 nitrogen and oxygen atoms in total. The van der Waals surface area contributed by atoms with Crippen LogP contribution in [-0.2, 0) is 6.54 Å². The largest absolute Gasteiger partial charge is 0.466 e. The minimum absolute atomic E-state index is 0.456. The molecule has 0 saturated carbocycles. The third-order valence-electron chi connectivity index (χ3n) is 2.90. The van der Waals surface area contributed by atoms with Gasteiger partial charge in [-0.3, -0.25) is 0 Å². The van der Waals surface area contributed by atoms with E-state index in [1.165, 1.54) is 0 Å². The molecule has 0 aliphatic rings. The molecule has 0 aliphatic carbocycles. The first-order valence-electron chi connectivity index (χ1n) is 6.11. The van der Waals surface area contributed by atoms with E-state index in [-0.39, 0.29) is 0 Å². The van der Waals surface area contributed by atoms with Gasteiger partial charge in [-0.15, -0.1) is 10.2 Å². The summed E-state index contributed by atoms with van der Waals surface area (Å²) < 4.78 is 5.63. The van der Waals surface area contributed by atoms with Crippen LogP contribution in [0.3, 0.4) is 0 Å². The summed E-state index contributed by atoms with van der Waals surface area (Å²) >= 11 is 1.62. The molecule has 0 spiro atoms. The molecule has 2 heterocycles. The Balaban J connectivity index is 2.24. The van der Waals surface area contributed by atoms with Crippen molar-refractivity contribution >= 4 is 11.3 Å². The smallest absolute Gasteiger partial charge is 0.151 e. The van der Waals surface area contributed by atoms with Crippen LogP contribution in [0.25, 0.3) is 10.6 Å². The van der Waals surface area contributed by atoms with E-state index in [0.717, 1.165) is 39.2 Å². The maximum atomic E-state index is 5.63.